The number of carboxylic acid groups (broad SMARTS) is 1. The summed E-state index contributed by atoms with van der Waals surface area (Å²) in [7, 11) is 0. The van der Waals surface area contributed by atoms with E-state index in [2.05, 4.69) is 0 Å². The van der Waals surface area contributed by atoms with E-state index in [1.54, 1.807) is 29.2 Å². The van der Waals surface area contributed by atoms with Crippen LogP contribution in [-0.4, -0.2) is 54.8 Å². The molecule has 0 saturated carbocycles. The number of carboxylic acids is 1. The molecule has 1 amide bonds. The molecular weight excluding hydrogens is 298 g/mol. The summed E-state index contributed by atoms with van der Waals surface area (Å²) < 4.78 is 10.7. The minimum Gasteiger partial charge on any atom is -0.491 e. The maximum Gasteiger partial charge on any atom is 0.306 e. The molecule has 0 unspecified atom stereocenters. The summed E-state index contributed by atoms with van der Waals surface area (Å²) >= 11 is 0. The smallest absolute Gasteiger partial charge is 0.306 e. The fraction of sp³-hybridized carbons (Fsp3) is 0.529. The molecule has 0 bridgehead atoms. The highest BCUT2D eigenvalue weighted by Gasteiger charge is 2.27. The second-order valence-electron chi connectivity index (χ2n) is 5.47. The Bertz CT molecular complexity index is 520. The number of ether oxygens (including phenoxy) is 2. The van der Waals surface area contributed by atoms with Gasteiger partial charge in [0.25, 0.3) is 5.91 Å². The van der Waals surface area contributed by atoms with Crippen LogP contribution >= 0.6 is 0 Å². The number of amides is 1. The van der Waals surface area contributed by atoms with Crippen LogP contribution in [0.1, 0.15) is 30.1 Å². The maximum atomic E-state index is 12.4. The third-order valence-corrected chi connectivity index (χ3v) is 3.93. The zero-order valence-corrected chi connectivity index (χ0v) is 13.4. The molecule has 23 heavy (non-hydrogen) atoms. The summed E-state index contributed by atoms with van der Waals surface area (Å²) in [6.07, 6.45) is 1.03. The van der Waals surface area contributed by atoms with E-state index >= 15 is 0 Å². The highest BCUT2D eigenvalue weighted by atomic mass is 16.5. The predicted molar refractivity (Wildman–Crippen MR) is 84.7 cm³/mol. The molecule has 1 fully saturated rings. The highest BCUT2D eigenvalue weighted by molar-refractivity contribution is 5.94. The lowest BCUT2D eigenvalue weighted by Gasteiger charge is -2.30. The first kappa shape index (κ1) is 17.3. The second-order valence-corrected chi connectivity index (χ2v) is 5.47. The molecule has 2 rings (SSSR count). The average molecular weight is 321 g/mol. The van der Waals surface area contributed by atoms with Gasteiger partial charge in [0.05, 0.1) is 12.5 Å². The first-order valence-electron chi connectivity index (χ1n) is 7.94. The summed E-state index contributed by atoms with van der Waals surface area (Å²) in [6.45, 7) is 4.58. The minimum absolute atomic E-state index is 0.0605. The van der Waals surface area contributed by atoms with Crippen molar-refractivity contribution in [1.29, 1.82) is 0 Å². The minimum atomic E-state index is -0.773. The van der Waals surface area contributed by atoms with E-state index in [0.29, 0.717) is 57.1 Å². The fourth-order valence-electron chi connectivity index (χ4n) is 2.57. The molecular formula is C17H23NO5. The van der Waals surface area contributed by atoms with Crippen molar-refractivity contribution >= 4 is 11.9 Å². The van der Waals surface area contributed by atoms with Gasteiger partial charge in [-0.05, 0) is 44.0 Å². The Balaban J connectivity index is 1.84. The zero-order valence-electron chi connectivity index (χ0n) is 13.4. The number of hydrogen-bond donors (Lipinski definition) is 1. The summed E-state index contributed by atoms with van der Waals surface area (Å²) in [5.74, 6) is -0.466. The van der Waals surface area contributed by atoms with E-state index in [1.165, 1.54) is 0 Å². The maximum absolute atomic E-state index is 12.4. The molecule has 1 heterocycles. The average Bonchev–Trinajstić information content (AvgIpc) is 2.59. The van der Waals surface area contributed by atoms with E-state index in [-0.39, 0.29) is 11.8 Å². The van der Waals surface area contributed by atoms with Crippen molar-refractivity contribution in [3.05, 3.63) is 29.8 Å². The number of hydrogen-bond acceptors (Lipinski definition) is 4. The Hall–Kier alpha value is -2.08. The third kappa shape index (κ3) is 4.96. The van der Waals surface area contributed by atoms with Gasteiger partial charge in [-0.1, -0.05) is 0 Å². The molecule has 6 nitrogen and oxygen atoms in total. The van der Waals surface area contributed by atoms with Crippen LogP contribution in [0.2, 0.25) is 0 Å². The van der Waals surface area contributed by atoms with Crippen molar-refractivity contribution in [2.45, 2.75) is 19.8 Å². The quantitative estimate of drug-likeness (QED) is 0.778. The zero-order chi connectivity index (χ0) is 16.7. The molecule has 0 atom stereocenters. The molecule has 126 valence electrons. The number of aliphatic carboxylic acids is 1. The van der Waals surface area contributed by atoms with Gasteiger partial charge in [-0.25, -0.2) is 0 Å². The van der Waals surface area contributed by atoms with E-state index in [0.717, 1.165) is 0 Å². The molecule has 0 spiro atoms. The lowest BCUT2D eigenvalue weighted by molar-refractivity contribution is -0.143. The molecule has 0 radical (unpaired) electrons. The summed E-state index contributed by atoms with van der Waals surface area (Å²) in [5, 5.41) is 8.99. The van der Waals surface area contributed by atoms with Gasteiger partial charge in [-0.3, -0.25) is 9.59 Å². The second kappa shape index (κ2) is 8.53. The van der Waals surface area contributed by atoms with Gasteiger partial charge in [0.15, 0.2) is 0 Å². The number of carbonyl (C=O) groups is 2. The van der Waals surface area contributed by atoms with Crippen LogP contribution in [0.4, 0.5) is 0 Å². The van der Waals surface area contributed by atoms with E-state index < -0.39 is 5.97 Å². The fourth-order valence-corrected chi connectivity index (χ4v) is 2.57. The van der Waals surface area contributed by atoms with Crippen LogP contribution in [0.3, 0.4) is 0 Å². The standard InChI is InChI=1S/C17H23NO5/c1-2-22-11-12-23-15-5-3-13(4-6-15)16(19)18-9-7-14(8-10-18)17(20)21/h3-6,14H,2,7-12H2,1H3,(H,20,21). The van der Waals surface area contributed by atoms with Crippen LogP contribution in [0.15, 0.2) is 24.3 Å². The molecule has 6 heteroatoms. The number of nitrogens with zero attached hydrogens (tertiary/aromatic N) is 1. The number of rotatable bonds is 7. The van der Waals surface area contributed by atoms with Gasteiger partial charge < -0.3 is 19.5 Å². The first-order valence-corrected chi connectivity index (χ1v) is 7.94. The van der Waals surface area contributed by atoms with Gasteiger partial charge in [0.2, 0.25) is 0 Å². The van der Waals surface area contributed by atoms with E-state index in [9.17, 15) is 9.59 Å². The molecule has 1 aliphatic heterocycles. The Kier molecular flexibility index (Phi) is 6.40. The highest BCUT2D eigenvalue weighted by Crippen LogP contribution is 2.20. The van der Waals surface area contributed by atoms with Gasteiger partial charge in [0, 0.05) is 25.3 Å². The van der Waals surface area contributed by atoms with Crippen molar-refractivity contribution in [3.63, 3.8) is 0 Å². The Morgan fingerprint density at radius 3 is 2.39 bits per heavy atom. The Morgan fingerprint density at radius 1 is 1.17 bits per heavy atom. The monoisotopic (exact) mass is 321 g/mol. The van der Waals surface area contributed by atoms with Gasteiger partial charge in [0.1, 0.15) is 12.4 Å². The van der Waals surface area contributed by atoms with Crippen molar-refractivity contribution in [2.75, 3.05) is 32.9 Å². The number of benzene rings is 1. The predicted octanol–water partition coefficient (Wildman–Crippen LogP) is 2.04. The van der Waals surface area contributed by atoms with Crippen LogP contribution < -0.4 is 4.74 Å². The van der Waals surface area contributed by atoms with Crippen LogP contribution in [0.25, 0.3) is 0 Å². The molecule has 0 aromatic heterocycles. The summed E-state index contributed by atoms with van der Waals surface area (Å²) in [4.78, 5) is 25.1. The van der Waals surface area contributed by atoms with Crippen molar-refractivity contribution in [3.8, 4) is 5.75 Å². The van der Waals surface area contributed by atoms with Crippen molar-refractivity contribution in [2.24, 2.45) is 5.92 Å². The number of carbonyl (C=O) groups excluding carboxylic acids is 1. The van der Waals surface area contributed by atoms with Crippen LogP contribution in [-0.2, 0) is 9.53 Å². The Labute approximate surface area is 136 Å². The van der Waals surface area contributed by atoms with E-state index in [4.69, 9.17) is 14.6 Å². The number of piperidine rings is 1. The molecule has 1 aliphatic rings. The topological polar surface area (TPSA) is 76.1 Å². The van der Waals surface area contributed by atoms with Gasteiger partial charge in [-0.15, -0.1) is 0 Å². The largest absolute Gasteiger partial charge is 0.491 e. The summed E-state index contributed by atoms with van der Waals surface area (Å²) in [5.41, 5.74) is 0.593. The molecule has 1 saturated heterocycles. The van der Waals surface area contributed by atoms with E-state index in [1.807, 2.05) is 6.92 Å². The first-order chi connectivity index (χ1) is 11.1. The third-order valence-electron chi connectivity index (χ3n) is 3.93. The van der Waals surface area contributed by atoms with Gasteiger partial charge >= 0.3 is 5.97 Å². The Morgan fingerprint density at radius 2 is 1.83 bits per heavy atom. The molecule has 1 aromatic carbocycles. The molecule has 1 N–H and O–H groups in total. The normalized spacial score (nSPS) is 15.4. The lowest BCUT2D eigenvalue weighted by Crippen LogP contribution is -2.40. The SMILES string of the molecule is CCOCCOc1ccc(C(=O)N2CCC(C(=O)O)CC2)cc1. The van der Waals surface area contributed by atoms with Crippen LogP contribution in [0.5, 0.6) is 5.75 Å². The lowest BCUT2D eigenvalue weighted by atomic mass is 9.96. The van der Waals surface area contributed by atoms with Crippen molar-refractivity contribution < 1.29 is 24.2 Å². The number of likely N-dealkylation sites (tertiary alicyclic amines) is 1. The molecule has 0 aliphatic carbocycles. The summed E-state index contributed by atoms with van der Waals surface area (Å²) in [6, 6.07) is 7.01. The van der Waals surface area contributed by atoms with Gasteiger partial charge in [-0.2, -0.15) is 0 Å². The van der Waals surface area contributed by atoms with Crippen LogP contribution in [0, 0.1) is 5.92 Å². The molecule has 1 aromatic rings. The van der Waals surface area contributed by atoms with Crippen molar-refractivity contribution in [1.82, 2.24) is 4.90 Å².